The Balaban J connectivity index is -0.0000000450. The molecule has 0 amide bonds. The topological polar surface area (TPSA) is 112 Å². The second-order valence-corrected chi connectivity index (χ2v) is 1.56. The maximum atomic E-state index is 9.00. The van der Waals surface area contributed by atoms with Gasteiger partial charge in [-0.05, 0) is 0 Å². The van der Waals surface area contributed by atoms with Crippen molar-refractivity contribution in [2.75, 3.05) is 0 Å². The van der Waals surface area contributed by atoms with Gasteiger partial charge in [-0.1, -0.05) is 0 Å². The van der Waals surface area contributed by atoms with Crippen LogP contribution >= 0.6 is 0 Å². The molecule has 0 spiro atoms. The van der Waals surface area contributed by atoms with Gasteiger partial charge in [-0.25, -0.2) is 0 Å². The summed E-state index contributed by atoms with van der Waals surface area (Å²) in [7, 11) is 0. The molecule has 0 saturated heterocycles. The van der Waals surface area contributed by atoms with Gasteiger partial charge in [0.05, 0.1) is 0 Å². The molecule has 0 rings (SSSR count). The molecule has 0 unspecified atom stereocenters. The van der Waals surface area contributed by atoms with E-state index in [0.717, 1.165) is 20.8 Å². The first kappa shape index (κ1) is 22.7. The predicted molar refractivity (Wildman–Crippen MR) is 39.9 cm³/mol. The summed E-state index contributed by atoms with van der Waals surface area (Å²) in [6.07, 6.45) is 0. The average Bonchev–Trinajstić information content (AvgIpc) is 1.54. The van der Waals surface area contributed by atoms with E-state index in [1.807, 2.05) is 0 Å². The van der Waals surface area contributed by atoms with E-state index < -0.39 is 17.9 Å². The normalized spacial score (nSPS) is 5.77. The molecule has 3 N–H and O–H groups in total. The van der Waals surface area contributed by atoms with Crippen LogP contribution in [-0.4, -0.2) is 33.2 Å². The van der Waals surface area contributed by atoms with E-state index in [9.17, 15) is 0 Å². The van der Waals surface area contributed by atoms with E-state index in [0.29, 0.717) is 0 Å². The fourth-order valence-corrected chi connectivity index (χ4v) is 0. The fraction of sp³-hybridized carbons (Fsp3) is 0.500. The first-order valence-electron chi connectivity index (χ1n) is 2.78. The van der Waals surface area contributed by atoms with Crippen LogP contribution in [-0.2, 0) is 34.5 Å². The van der Waals surface area contributed by atoms with Gasteiger partial charge >= 0.3 is 0 Å². The van der Waals surface area contributed by atoms with Crippen molar-refractivity contribution in [3.63, 3.8) is 0 Å². The third-order valence-corrected chi connectivity index (χ3v) is 0. The summed E-state index contributed by atoms with van der Waals surface area (Å²) in [4.78, 5) is 27.0. The predicted octanol–water partition coefficient (Wildman–Crippen LogP) is 0.270. The van der Waals surface area contributed by atoms with Gasteiger partial charge in [-0.2, -0.15) is 0 Å². The molecule has 0 aliphatic carbocycles. The van der Waals surface area contributed by atoms with Crippen molar-refractivity contribution in [2.45, 2.75) is 20.8 Å². The smallest absolute Gasteiger partial charge is 0.300 e. The first-order chi connectivity index (χ1) is 5.20. The van der Waals surface area contributed by atoms with Gasteiger partial charge in [0.1, 0.15) is 0 Å². The minimum absolute atomic E-state index is 0. The molecule has 13 heavy (non-hydrogen) atoms. The zero-order chi connectivity index (χ0) is 10.7. The third kappa shape index (κ3) is 1030. The van der Waals surface area contributed by atoms with E-state index in [1.54, 1.807) is 0 Å². The minimum Gasteiger partial charge on any atom is -0.481 e. The summed E-state index contributed by atoms with van der Waals surface area (Å²) in [5.41, 5.74) is 0. The molecular weight excluding hydrogens is 360 g/mol. The summed E-state index contributed by atoms with van der Waals surface area (Å²) >= 11 is 0. The van der Waals surface area contributed by atoms with Crippen LogP contribution in [0.1, 0.15) is 20.8 Å². The van der Waals surface area contributed by atoms with Crippen molar-refractivity contribution >= 4 is 17.9 Å². The molecule has 0 saturated carbocycles. The maximum Gasteiger partial charge on any atom is 0.300 e. The van der Waals surface area contributed by atoms with Crippen LogP contribution in [0, 0.1) is 0 Å². The Kier molecular flexibility index (Phi) is 30.1. The molecule has 0 heterocycles. The van der Waals surface area contributed by atoms with E-state index in [2.05, 4.69) is 0 Å². The summed E-state index contributed by atoms with van der Waals surface area (Å²) in [5, 5.41) is 22.2. The van der Waals surface area contributed by atoms with Crippen LogP contribution in [0.3, 0.4) is 0 Å². The maximum absolute atomic E-state index is 9.00. The van der Waals surface area contributed by atoms with E-state index in [4.69, 9.17) is 29.7 Å². The number of hydrogen-bond acceptors (Lipinski definition) is 3. The SMILES string of the molecule is CC(=O)O.CC(=O)O.CC(=O)O.[Ir]. The number of aliphatic carboxylic acids is 3. The molecular formula is C6H12IrO6. The van der Waals surface area contributed by atoms with Crippen molar-refractivity contribution in [2.24, 2.45) is 0 Å². The van der Waals surface area contributed by atoms with Crippen LogP contribution in [0.4, 0.5) is 0 Å². The summed E-state index contributed by atoms with van der Waals surface area (Å²) in [6.45, 7) is 3.25. The molecule has 0 aromatic carbocycles. The van der Waals surface area contributed by atoms with Gasteiger partial charge in [0, 0.05) is 40.9 Å². The molecule has 1 radical (unpaired) electrons. The van der Waals surface area contributed by atoms with E-state index in [-0.39, 0.29) is 20.1 Å². The van der Waals surface area contributed by atoms with Gasteiger partial charge in [-0.3, -0.25) is 14.4 Å². The summed E-state index contributed by atoms with van der Waals surface area (Å²) in [5.74, 6) is -2.50. The van der Waals surface area contributed by atoms with Crippen molar-refractivity contribution in [3.8, 4) is 0 Å². The standard InChI is InChI=1S/3C2H4O2.Ir/c3*1-2(3)4;/h3*1H3,(H,3,4);. The Hall–Kier alpha value is -0.941. The van der Waals surface area contributed by atoms with Crippen LogP contribution in [0.15, 0.2) is 0 Å². The number of carboxylic acids is 3. The monoisotopic (exact) mass is 373 g/mol. The number of carboxylic acid groups (broad SMARTS) is 3. The second-order valence-electron chi connectivity index (χ2n) is 1.56. The molecule has 0 aromatic rings. The van der Waals surface area contributed by atoms with Crippen molar-refractivity contribution in [1.82, 2.24) is 0 Å². The number of rotatable bonds is 0. The summed E-state index contributed by atoms with van der Waals surface area (Å²) in [6, 6.07) is 0. The van der Waals surface area contributed by atoms with Crippen LogP contribution in [0.25, 0.3) is 0 Å². The summed E-state index contributed by atoms with van der Waals surface area (Å²) < 4.78 is 0. The Morgan fingerprint density at radius 2 is 0.692 bits per heavy atom. The number of carbonyl (C=O) groups is 3. The fourth-order valence-electron chi connectivity index (χ4n) is 0. The van der Waals surface area contributed by atoms with Crippen LogP contribution in [0.5, 0.6) is 0 Å². The molecule has 0 aromatic heterocycles. The largest absolute Gasteiger partial charge is 0.481 e. The number of hydrogen-bond donors (Lipinski definition) is 3. The average molecular weight is 372 g/mol. The van der Waals surface area contributed by atoms with Crippen molar-refractivity contribution in [1.29, 1.82) is 0 Å². The van der Waals surface area contributed by atoms with Gasteiger partial charge in [0.2, 0.25) is 0 Å². The molecule has 0 bridgehead atoms. The van der Waals surface area contributed by atoms with Crippen LogP contribution < -0.4 is 0 Å². The molecule has 0 atom stereocenters. The Morgan fingerprint density at radius 3 is 0.692 bits per heavy atom. The van der Waals surface area contributed by atoms with Gasteiger partial charge in [0.25, 0.3) is 17.9 Å². The van der Waals surface area contributed by atoms with Gasteiger partial charge in [0.15, 0.2) is 0 Å². The zero-order valence-electron chi connectivity index (χ0n) is 7.40. The first-order valence-corrected chi connectivity index (χ1v) is 2.78. The third-order valence-electron chi connectivity index (χ3n) is 0. The van der Waals surface area contributed by atoms with Crippen molar-refractivity contribution < 1.29 is 49.8 Å². The van der Waals surface area contributed by atoms with Gasteiger partial charge in [-0.15, -0.1) is 0 Å². The van der Waals surface area contributed by atoms with Gasteiger partial charge < -0.3 is 15.3 Å². The molecule has 81 valence electrons. The molecule has 7 heteroatoms. The Bertz CT molecular complexity index is 115. The second kappa shape index (κ2) is 17.2. The molecule has 0 aliphatic rings. The van der Waals surface area contributed by atoms with E-state index in [1.165, 1.54) is 0 Å². The van der Waals surface area contributed by atoms with Crippen molar-refractivity contribution in [3.05, 3.63) is 0 Å². The molecule has 0 aliphatic heterocycles. The Labute approximate surface area is 88.9 Å². The van der Waals surface area contributed by atoms with Crippen LogP contribution in [0.2, 0.25) is 0 Å². The minimum atomic E-state index is -0.833. The van der Waals surface area contributed by atoms with E-state index >= 15 is 0 Å². The molecule has 0 fully saturated rings. The Morgan fingerprint density at radius 1 is 0.692 bits per heavy atom. The zero-order valence-corrected chi connectivity index (χ0v) is 9.79. The molecule has 6 nitrogen and oxygen atoms in total. The quantitative estimate of drug-likeness (QED) is 0.563.